The van der Waals surface area contributed by atoms with E-state index >= 15 is 0 Å². The van der Waals surface area contributed by atoms with Crippen LogP contribution in [0, 0.1) is 5.41 Å². The number of para-hydroxylation sites is 1. The molecule has 47 heavy (non-hydrogen) atoms. The van der Waals surface area contributed by atoms with Gasteiger partial charge in [0.05, 0.1) is 0 Å². The van der Waals surface area contributed by atoms with Gasteiger partial charge in [-0.05, 0) is 30.7 Å². The van der Waals surface area contributed by atoms with Gasteiger partial charge in [-0.25, -0.2) is 0 Å². The Morgan fingerprint density at radius 2 is 0.830 bits per heavy atom. The van der Waals surface area contributed by atoms with Gasteiger partial charge in [-0.1, -0.05) is 237 Å². The number of hydrogen-bond donors (Lipinski definition) is 1. The van der Waals surface area contributed by atoms with Gasteiger partial charge >= 0.3 is 0 Å². The third-order valence-electron chi connectivity index (χ3n) is 11.5. The number of nitrogens with one attached hydrogen (secondary N) is 1. The lowest BCUT2D eigenvalue weighted by Crippen LogP contribution is -2.24. The molecule has 1 aromatic carbocycles. The van der Waals surface area contributed by atoms with Crippen molar-refractivity contribution < 1.29 is 0 Å². The Morgan fingerprint density at radius 1 is 0.468 bits per heavy atom. The summed E-state index contributed by atoms with van der Waals surface area (Å²) in [6.45, 7) is 4.62. The summed E-state index contributed by atoms with van der Waals surface area (Å²) in [6, 6.07) is 8.92. The molecule has 0 amide bonds. The molecular weight excluding hydrogens is 567 g/mol. The second-order valence-electron chi connectivity index (χ2n) is 15.8. The number of aromatic amines is 1. The van der Waals surface area contributed by atoms with E-state index in [0.29, 0.717) is 5.41 Å². The molecule has 0 saturated carbocycles. The summed E-state index contributed by atoms with van der Waals surface area (Å²) in [4.78, 5) is 3.83. The van der Waals surface area contributed by atoms with Crippen LogP contribution >= 0.6 is 0 Å². The smallest absolute Gasteiger partial charge is 0.0462 e. The maximum atomic E-state index is 3.83. The highest BCUT2D eigenvalue weighted by Crippen LogP contribution is 2.43. The van der Waals surface area contributed by atoms with Crippen LogP contribution in [0.5, 0.6) is 0 Å². The van der Waals surface area contributed by atoms with Crippen LogP contribution in [0.3, 0.4) is 0 Å². The van der Waals surface area contributed by atoms with Crippen LogP contribution in [0.1, 0.15) is 231 Å². The van der Waals surface area contributed by atoms with Crippen molar-refractivity contribution in [3.63, 3.8) is 0 Å². The summed E-state index contributed by atoms with van der Waals surface area (Å²) < 4.78 is 0. The topological polar surface area (TPSA) is 15.8 Å². The fourth-order valence-electron chi connectivity index (χ4n) is 8.39. The van der Waals surface area contributed by atoms with Gasteiger partial charge in [-0.15, -0.1) is 0 Å². The first-order chi connectivity index (χ1) is 23.3. The molecule has 1 heterocycles. The van der Waals surface area contributed by atoms with Gasteiger partial charge in [0.25, 0.3) is 0 Å². The highest BCUT2D eigenvalue weighted by Gasteiger charge is 2.31. The highest BCUT2D eigenvalue weighted by molar-refractivity contribution is 5.91. The number of aromatic nitrogens is 1. The van der Waals surface area contributed by atoms with Gasteiger partial charge in [0, 0.05) is 22.2 Å². The van der Waals surface area contributed by atoms with Crippen molar-refractivity contribution in [2.24, 2.45) is 5.41 Å². The monoisotopic (exact) mass is 646 g/mol. The molecule has 0 bridgehead atoms. The first-order valence-corrected chi connectivity index (χ1v) is 21.6. The van der Waals surface area contributed by atoms with E-state index in [2.05, 4.69) is 55.2 Å². The quantitative estimate of drug-likeness (QED) is 0.0762. The Bertz CT molecular complexity index is 993. The molecule has 1 aromatic heterocycles. The van der Waals surface area contributed by atoms with Crippen LogP contribution in [0.2, 0.25) is 0 Å². The third kappa shape index (κ3) is 17.1. The van der Waals surface area contributed by atoms with Crippen LogP contribution in [0.15, 0.2) is 30.3 Å². The highest BCUT2D eigenvalue weighted by atomic mass is 14.7. The van der Waals surface area contributed by atoms with E-state index in [1.165, 1.54) is 234 Å². The van der Waals surface area contributed by atoms with Crippen LogP contribution in [-0.2, 0) is 6.42 Å². The number of allylic oxidation sites excluding steroid dienone is 1. The zero-order chi connectivity index (χ0) is 33.1. The van der Waals surface area contributed by atoms with Crippen molar-refractivity contribution in [3.8, 4) is 0 Å². The third-order valence-corrected chi connectivity index (χ3v) is 11.5. The molecule has 0 saturated heterocycles. The molecule has 2 aromatic rings. The number of benzene rings is 1. The fraction of sp³-hybridized carbons (Fsp3) is 0.783. The van der Waals surface area contributed by atoms with Crippen molar-refractivity contribution in [2.45, 2.75) is 226 Å². The largest absolute Gasteiger partial charge is 0.358 e. The SMILES string of the molecule is CCCCCCCCCCCCCCCCCC1(CCCCCCCCCCCCCCCCC)C=Cc2c([nH]c3ccccc23)C1. The van der Waals surface area contributed by atoms with E-state index in [-0.39, 0.29) is 0 Å². The number of hydrogen-bond acceptors (Lipinski definition) is 0. The molecule has 1 nitrogen and oxygen atoms in total. The standard InChI is InChI=1S/C46H79N/c1-3-5-7-9-11-13-15-17-19-21-23-25-27-29-33-38-46(40-37-43-42-35-31-32-36-44(42)47-45(43)41-46)39-34-30-28-26-24-22-20-18-16-14-12-10-8-6-4-2/h31-32,35-37,40,47H,3-30,33-34,38-39,41H2,1-2H3. The average molecular weight is 646 g/mol. The number of unbranched alkanes of at least 4 members (excludes halogenated alkanes) is 28. The first-order valence-electron chi connectivity index (χ1n) is 21.6. The number of rotatable bonds is 32. The second-order valence-corrected chi connectivity index (χ2v) is 15.8. The zero-order valence-electron chi connectivity index (χ0n) is 31.8. The van der Waals surface area contributed by atoms with Crippen molar-refractivity contribution >= 4 is 17.0 Å². The van der Waals surface area contributed by atoms with Gasteiger partial charge in [0.1, 0.15) is 0 Å². The lowest BCUT2D eigenvalue weighted by molar-refractivity contribution is 0.290. The first kappa shape index (κ1) is 39.9. The Hall–Kier alpha value is -1.50. The average Bonchev–Trinajstić information content (AvgIpc) is 3.45. The van der Waals surface area contributed by atoms with Gasteiger partial charge in [-0.2, -0.15) is 0 Å². The van der Waals surface area contributed by atoms with Crippen LogP contribution in [0.4, 0.5) is 0 Å². The fourth-order valence-corrected chi connectivity index (χ4v) is 8.39. The van der Waals surface area contributed by atoms with Crippen LogP contribution < -0.4 is 0 Å². The molecule has 1 aliphatic rings. The van der Waals surface area contributed by atoms with E-state index in [9.17, 15) is 0 Å². The summed E-state index contributed by atoms with van der Waals surface area (Å²) in [5, 5.41) is 1.41. The molecule has 1 N–H and O–H groups in total. The number of fused-ring (bicyclic) bond motifs is 3. The van der Waals surface area contributed by atoms with Crippen molar-refractivity contribution in [1.82, 2.24) is 4.98 Å². The van der Waals surface area contributed by atoms with Gasteiger partial charge in [-0.3, -0.25) is 0 Å². The molecule has 1 heteroatoms. The van der Waals surface area contributed by atoms with Crippen LogP contribution in [-0.4, -0.2) is 4.98 Å². The van der Waals surface area contributed by atoms with E-state index in [0.717, 1.165) is 0 Å². The predicted octanol–water partition coefficient (Wildman–Crippen LogP) is 16.2. The Balaban J connectivity index is 1.27. The van der Waals surface area contributed by atoms with E-state index < -0.39 is 0 Å². The lowest BCUT2D eigenvalue weighted by atomic mass is 9.71. The minimum atomic E-state index is 0.362. The summed E-state index contributed by atoms with van der Waals surface area (Å²) in [5.74, 6) is 0. The molecule has 0 fully saturated rings. The minimum absolute atomic E-state index is 0.362. The normalized spacial score (nSPS) is 13.9. The Labute approximate surface area is 293 Å². The summed E-state index contributed by atoms with van der Waals surface area (Å²) >= 11 is 0. The van der Waals surface area contributed by atoms with Crippen molar-refractivity contribution in [3.05, 3.63) is 41.6 Å². The molecule has 3 rings (SSSR count). The van der Waals surface area contributed by atoms with E-state index in [1.807, 2.05) is 0 Å². The summed E-state index contributed by atoms with van der Waals surface area (Å²) in [6.07, 6.45) is 52.5. The van der Waals surface area contributed by atoms with Gasteiger partial charge in [0.2, 0.25) is 0 Å². The Kier molecular flexibility index (Phi) is 22.4. The minimum Gasteiger partial charge on any atom is -0.358 e. The maximum Gasteiger partial charge on any atom is 0.0462 e. The maximum absolute atomic E-state index is 3.83. The van der Waals surface area contributed by atoms with E-state index in [4.69, 9.17) is 0 Å². The molecule has 0 radical (unpaired) electrons. The summed E-state index contributed by atoms with van der Waals surface area (Å²) in [5.41, 5.74) is 4.64. The number of H-pyrrole nitrogens is 1. The molecule has 0 spiro atoms. The molecule has 0 atom stereocenters. The van der Waals surface area contributed by atoms with Crippen LogP contribution in [0.25, 0.3) is 17.0 Å². The summed E-state index contributed by atoms with van der Waals surface area (Å²) in [7, 11) is 0. The molecule has 1 aliphatic carbocycles. The lowest BCUT2D eigenvalue weighted by Gasteiger charge is -2.34. The van der Waals surface area contributed by atoms with E-state index in [1.54, 1.807) is 0 Å². The predicted molar refractivity (Wildman–Crippen MR) is 213 cm³/mol. The molecule has 268 valence electrons. The molecular formula is C46H79N. The van der Waals surface area contributed by atoms with Gasteiger partial charge in [0.15, 0.2) is 0 Å². The molecule has 0 aliphatic heterocycles. The van der Waals surface area contributed by atoms with Crippen molar-refractivity contribution in [1.29, 1.82) is 0 Å². The Morgan fingerprint density at radius 3 is 1.23 bits per heavy atom. The second kappa shape index (κ2) is 26.4. The van der Waals surface area contributed by atoms with Crippen molar-refractivity contribution in [2.75, 3.05) is 0 Å². The zero-order valence-corrected chi connectivity index (χ0v) is 31.8. The molecule has 0 unspecified atom stereocenters. The van der Waals surface area contributed by atoms with Gasteiger partial charge < -0.3 is 4.98 Å².